The summed E-state index contributed by atoms with van der Waals surface area (Å²) in [4.78, 5) is 28.4. The molecule has 0 radical (unpaired) electrons. The van der Waals surface area contributed by atoms with E-state index in [1.165, 1.54) is 7.11 Å². The SMILES string of the molecule is COC(=O)c1cccc(CCC(=O)c2ccc3c(c2)COc2cnccc2-3)c1. The Balaban J connectivity index is 1.49. The molecule has 5 heteroatoms. The molecule has 0 atom stereocenters. The number of carbonyl (C=O) groups is 2. The molecule has 140 valence electrons. The molecule has 28 heavy (non-hydrogen) atoms. The number of hydrogen-bond acceptors (Lipinski definition) is 5. The number of pyridine rings is 1. The summed E-state index contributed by atoms with van der Waals surface area (Å²) in [5, 5.41) is 0. The molecule has 0 unspecified atom stereocenters. The number of Topliss-reactive ketones (excluding diaryl/α,β-unsaturated/α-hetero) is 1. The van der Waals surface area contributed by atoms with Crippen LogP contribution in [0.4, 0.5) is 0 Å². The van der Waals surface area contributed by atoms with Crippen molar-refractivity contribution in [3.8, 4) is 16.9 Å². The summed E-state index contributed by atoms with van der Waals surface area (Å²) < 4.78 is 10.5. The van der Waals surface area contributed by atoms with E-state index in [1.54, 1.807) is 30.6 Å². The van der Waals surface area contributed by atoms with E-state index in [0.29, 0.717) is 30.6 Å². The predicted octanol–water partition coefficient (Wildman–Crippen LogP) is 4.24. The van der Waals surface area contributed by atoms with Crippen molar-refractivity contribution in [1.29, 1.82) is 0 Å². The number of ether oxygens (including phenoxy) is 2. The lowest BCUT2D eigenvalue weighted by molar-refractivity contribution is 0.0600. The molecule has 0 saturated heterocycles. The second-order valence-corrected chi connectivity index (χ2v) is 6.65. The fourth-order valence-corrected chi connectivity index (χ4v) is 3.40. The van der Waals surface area contributed by atoms with E-state index in [1.807, 2.05) is 30.3 Å². The van der Waals surface area contributed by atoms with Crippen LogP contribution in [0.25, 0.3) is 11.1 Å². The summed E-state index contributed by atoms with van der Waals surface area (Å²) in [6.07, 6.45) is 4.37. The predicted molar refractivity (Wildman–Crippen MR) is 104 cm³/mol. The highest BCUT2D eigenvalue weighted by molar-refractivity contribution is 5.97. The first-order valence-electron chi connectivity index (χ1n) is 9.06. The second kappa shape index (κ2) is 7.64. The van der Waals surface area contributed by atoms with Crippen LogP contribution in [0.3, 0.4) is 0 Å². The molecule has 0 N–H and O–H groups in total. The minimum absolute atomic E-state index is 0.0618. The van der Waals surface area contributed by atoms with Gasteiger partial charge in [-0.15, -0.1) is 0 Å². The van der Waals surface area contributed by atoms with Gasteiger partial charge in [0.25, 0.3) is 0 Å². The number of benzene rings is 2. The molecular weight excluding hydrogens is 354 g/mol. The van der Waals surface area contributed by atoms with E-state index >= 15 is 0 Å². The zero-order chi connectivity index (χ0) is 19.5. The minimum Gasteiger partial charge on any atom is -0.487 e. The van der Waals surface area contributed by atoms with Gasteiger partial charge in [0.05, 0.1) is 18.9 Å². The van der Waals surface area contributed by atoms with Gasteiger partial charge in [0, 0.05) is 23.7 Å². The minimum atomic E-state index is -0.377. The van der Waals surface area contributed by atoms with Crippen molar-refractivity contribution in [2.45, 2.75) is 19.4 Å². The molecule has 1 aliphatic heterocycles. The van der Waals surface area contributed by atoms with Crippen LogP contribution in [-0.2, 0) is 17.8 Å². The van der Waals surface area contributed by atoms with Crippen LogP contribution in [0.5, 0.6) is 5.75 Å². The van der Waals surface area contributed by atoms with E-state index in [4.69, 9.17) is 9.47 Å². The third-order valence-electron chi connectivity index (χ3n) is 4.87. The van der Waals surface area contributed by atoms with E-state index in [0.717, 1.165) is 28.0 Å². The molecule has 5 nitrogen and oxygen atoms in total. The molecule has 4 rings (SSSR count). The van der Waals surface area contributed by atoms with Gasteiger partial charge in [-0.25, -0.2) is 4.79 Å². The first kappa shape index (κ1) is 17.9. The first-order valence-corrected chi connectivity index (χ1v) is 9.06. The normalized spacial score (nSPS) is 11.8. The van der Waals surface area contributed by atoms with E-state index in [-0.39, 0.29) is 11.8 Å². The molecule has 0 saturated carbocycles. The number of ketones is 1. The number of nitrogens with zero attached hydrogens (tertiary/aromatic N) is 1. The third kappa shape index (κ3) is 3.51. The van der Waals surface area contributed by atoms with Crippen molar-refractivity contribution in [3.05, 3.63) is 83.2 Å². The Morgan fingerprint density at radius 3 is 2.82 bits per heavy atom. The highest BCUT2D eigenvalue weighted by Crippen LogP contribution is 2.37. The summed E-state index contributed by atoms with van der Waals surface area (Å²) in [6.45, 7) is 0.427. The highest BCUT2D eigenvalue weighted by Gasteiger charge is 2.19. The first-order chi connectivity index (χ1) is 13.7. The standard InChI is InChI=1S/C23H19NO4/c1-27-23(26)17-4-2-3-15(11-17)5-8-21(25)16-6-7-19-18(12-16)14-28-22-13-24-10-9-20(19)22/h2-4,6-7,9-13H,5,8,14H2,1H3. The fourth-order valence-electron chi connectivity index (χ4n) is 3.40. The maximum Gasteiger partial charge on any atom is 0.337 e. The smallest absolute Gasteiger partial charge is 0.337 e. The van der Waals surface area contributed by atoms with Crippen molar-refractivity contribution in [2.24, 2.45) is 0 Å². The van der Waals surface area contributed by atoms with Crippen LogP contribution >= 0.6 is 0 Å². The zero-order valence-electron chi connectivity index (χ0n) is 15.5. The number of aromatic nitrogens is 1. The molecule has 0 fully saturated rings. The average Bonchev–Trinajstić information content (AvgIpc) is 2.76. The molecule has 0 amide bonds. The maximum absolute atomic E-state index is 12.7. The van der Waals surface area contributed by atoms with Gasteiger partial charge in [0.2, 0.25) is 0 Å². The van der Waals surface area contributed by atoms with Crippen molar-refractivity contribution in [3.63, 3.8) is 0 Å². The highest BCUT2D eigenvalue weighted by atomic mass is 16.5. The largest absolute Gasteiger partial charge is 0.487 e. The van der Waals surface area contributed by atoms with Gasteiger partial charge in [-0.1, -0.05) is 24.3 Å². The van der Waals surface area contributed by atoms with Crippen molar-refractivity contribution in [1.82, 2.24) is 4.98 Å². The Labute approximate surface area is 162 Å². The Morgan fingerprint density at radius 2 is 1.96 bits per heavy atom. The molecule has 1 aromatic heterocycles. The van der Waals surface area contributed by atoms with Crippen molar-refractivity contribution in [2.75, 3.05) is 7.11 Å². The number of esters is 1. The van der Waals surface area contributed by atoms with Crippen LogP contribution < -0.4 is 4.74 Å². The Bertz CT molecular complexity index is 1060. The second-order valence-electron chi connectivity index (χ2n) is 6.65. The number of fused-ring (bicyclic) bond motifs is 3. The number of hydrogen-bond donors (Lipinski definition) is 0. The monoisotopic (exact) mass is 373 g/mol. The lowest BCUT2D eigenvalue weighted by Crippen LogP contribution is -2.09. The topological polar surface area (TPSA) is 65.5 Å². The van der Waals surface area contributed by atoms with Gasteiger partial charge in [-0.2, -0.15) is 0 Å². The van der Waals surface area contributed by atoms with Gasteiger partial charge < -0.3 is 9.47 Å². The summed E-state index contributed by atoms with van der Waals surface area (Å²) in [7, 11) is 1.35. The molecule has 0 spiro atoms. The molecule has 2 heterocycles. The Morgan fingerprint density at radius 1 is 1.07 bits per heavy atom. The fraction of sp³-hybridized carbons (Fsp3) is 0.174. The zero-order valence-corrected chi connectivity index (χ0v) is 15.5. The number of methoxy groups -OCH3 is 1. The van der Waals surface area contributed by atoms with Crippen molar-refractivity contribution < 1.29 is 19.1 Å². The third-order valence-corrected chi connectivity index (χ3v) is 4.87. The van der Waals surface area contributed by atoms with Crippen LogP contribution in [0.1, 0.15) is 38.3 Å². The lowest BCUT2D eigenvalue weighted by Gasteiger charge is -2.20. The Hall–Kier alpha value is -3.47. The molecule has 2 aromatic carbocycles. The average molecular weight is 373 g/mol. The van der Waals surface area contributed by atoms with E-state index in [2.05, 4.69) is 4.98 Å². The quantitative estimate of drug-likeness (QED) is 0.494. The summed E-state index contributed by atoms with van der Waals surface area (Å²) >= 11 is 0. The summed E-state index contributed by atoms with van der Waals surface area (Å²) in [5.41, 5.74) is 5.16. The summed E-state index contributed by atoms with van der Waals surface area (Å²) in [5.74, 6) is 0.449. The van der Waals surface area contributed by atoms with Gasteiger partial charge in [-0.3, -0.25) is 9.78 Å². The van der Waals surface area contributed by atoms with Crippen LogP contribution in [0.2, 0.25) is 0 Å². The van der Waals surface area contributed by atoms with E-state index < -0.39 is 0 Å². The molecular formula is C23H19NO4. The van der Waals surface area contributed by atoms with Crippen molar-refractivity contribution >= 4 is 11.8 Å². The van der Waals surface area contributed by atoms with Gasteiger partial charge in [0.15, 0.2) is 5.78 Å². The summed E-state index contributed by atoms with van der Waals surface area (Å²) in [6, 6.07) is 14.8. The van der Waals surface area contributed by atoms with Gasteiger partial charge in [-0.05, 0) is 47.4 Å². The number of rotatable bonds is 5. The van der Waals surface area contributed by atoms with Crippen LogP contribution in [0, 0.1) is 0 Å². The molecule has 1 aliphatic rings. The lowest BCUT2D eigenvalue weighted by atomic mass is 9.94. The number of carbonyl (C=O) groups excluding carboxylic acids is 2. The van der Waals surface area contributed by atoms with Gasteiger partial charge in [0.1, 0.15) is 12.4 Å². The molecule has 0 bridgehead atoms. The maximum atomic E-state index is 12.7. The molecule has 3 aromatic rings. The van der Waals surface area contributed by atoms with E-state index in [9.17, 15) is 9.59 Å². The Kier molecular flexibility index (Phi) is 4.89. The van der Waals surface area contributed by atoms with Crippen LogP contribution in [0.15, 0.2) is 60.9 Å². The molecule has 0 aliphatic carbocycles. The van der Waals surface area contributed by atoms with Crippen LogP contribution in [-0.4, -0.2) is 23.8 Å². The van der Waals surface area contributed by atoms with Gasteiger partial charge >= 0.3 is 5.97 Å². The number of aryl methyl sites for hydroxylation is 1.